The van der Waals surface area contributed by atoms with Crippen LogP contribution in [0.5, 0.6) is 0 Å². The van der Waals surface area contributed by atoms with Crippen molar-refractivity contribution in [2.75, 3.05) is 0 Å². The minimum absolute atomic E-state index is 0.0257. The number of amides is 1. The van der Waals surface area contributed by atoms with Crippen molar-refractivity contribution in [2.24, 2.45) is 0 Å². The third-order valence-electron chi connectivity index (χ3n) is 4.05. The molecule has 118 valence electrons. The van der Waals surface area contributed by atoms with Crippen molar-refractivity contribution in [3.63, 3.8) is 0 Å². The molecular formula is C15H16N6OS. The van der Waals surface area contributed by atoms with Crippen LogP contribution in [0.25, 0.3) is 10.2 Å². The van der Waals surface area contributed by atoms with Gasteiger partial charge in [0.1, 0.15) is 5.01 Å². The highest BCUT2D eigenvalue weighted by atomic mass is 32.1. The quantitative estimate of drug-likeness (QED) is 0.793. The fraction of sp³-hybridized carbons (Fsp3) is 0.400. The molecule has 0 aliphatic carbocycles. The van der Waals surface area contributed by atoms with Crippen LogP contribution in [0, 0.1) is 0 Å². The summed E-state index contributed by atoms with van der Waals surface area (Å²) < 4.78 is 2.88. The molecule has 1 aliphatic rings. The van der Waals surface area contributed by atoms with Crippen molar-refractivity contribution in [3.05, 3.63) is 35.1 Å². The molecule has 0 unspecified atom stereocenters. The molecule has 0 bridgehead atoms. The molecule has 23 heavy (non-hydrogen) atoms. The van der Waals surface area contributed by atoms with Gasteiger partial charge in [0.05, 0.1) is 22.7 Å². The van der Waals surface area contributed by atoms with E-state index in [-0.39, 0.29) is 11.8 Å². The van der Waals surface area contributed by atoms with Crippen molar-refractivity contribution in [1.82, 2.24) is 30.5 Å². The van der Waals surface area contributed by atoms with Gasteiger partial charge in [-0.2, -0.15) is 0 Å². The number of rotatable bonds is 3. The molecule has 1 N–H and O–H groups in total. The lowest BCUT2D eigenvalue weighted by Crippen LogP contribution is -2.30. The van der Waals surface area contributed by atoms with Gasteiger partial charge in [0, 0.05) is 6.54 Å². The van der Waals surface area contributed by atoms with Crippen LogP contribution in [-0.2, 0) is 17.9 Å². The Morgan fingerprint density at radius 1 is 1.35 bits per heavy atom. The molecule has 1 amide bonds. The summed E-state index contributed by atoms with van der Waals surface area (Å²) in [5, 5.41) is 15.6. The van der Waals surface area contributed by atoms with Gasteiger partial charge in [0.25, 0.3) is 0 Å². The predicted octanol–water partition coefficient (Wildman–Crippen LogP) is 1.87. The van der Waals surface area contributed by atoms with Gasteiger partial charge < -0.3 is 5.32 Å². The van der Waals surface area contributed by atoms with E-state index in [1.165, 1.54) is 0 Å². The standard InChI is InChI=1S/C15H16N6OS/c22-15(10-5-3-4-8-21-14(10)18-19-20-21)16-9-13-17-11-6-1-2-7-12(11)23-13/h1-2,6-7,10H,3-5,8-9H2,(H,16,22)/t10-/m0/s1. The fourth-order valence-electron chi connectivity index (χ4n) is 2.89. The first-order valence-corrected chi connectivity index (χ1v) is 8.51. The number of aromatic nitrogens is 5. The molecule has 0 fully saturated rings. The van der Waals surface area contributed by atoms with E-state index in [2.05, 4.69) is 25.8 Å². The number of fused-ring (bicyclic) bond motifs is 2. The van der Waals surface area contributed by atoms with E-state index in [1.54, 1.807) is 16.0 Å². The Morgan fingerprint density at radius 2 is 2.26 bits per heavy atom. The Balaban J connectivity index is 1.48. The van der Waals surface area contributed by atoms with Crippen molar-refractivity contribution >= 4 is 27.5 Å². The van der Waals surface area contributed by atoms with Crippen LogP contribution in [0.4, 0.5) is 0 Å². The summed E-state index contributed by atoms with van der Waals surface area (Å²) in [6, 6.07) is 7.98. The molecule has 0 saturated carbocycles. The van der Waals surface area contributed by atoms with E-state index in [1.807, 2.05) is 24.3 Å². The summed E-state index contributed by atoms with van der Waals surface area (Å²) in [5.41, 5.74) is 0.972. The summed E-state index contributed by atoms with van der Waals surface area (Å²) in [6.07, 6.45) is 2.77. The maximum atomic E-state index is 12.6. The molecule has 0 radical (unpaired) electrons. The van der Waals surface area contributed by atoms with Gasteiger partial charge >= 0.3 is 0 Å². The van der Waals surface area contributed by atoms with E-state index in [4.69, 9.17) is 0 Å². The largest absolute Gasteiger partial charge is 0.349 e. The maximum absolute atomic E-state index is 12.6. The van der Waals surface area contributed by atoms with E-state index < -0.39 is 0 Å². The monoisotopic (exact) mass is 328 g/mol. The molecule has 1 atom stereocenters. The Bertz CT molecular complexity index is 808. The molecule has 3 heterocycles. The number of nitrogens with one attached hydrogen (secondary N) is 1. The average molecular weight is 328 g/mol. The molecule has 1 aliphatic heterocycles. The number of aryl methyl sites for hydroxylation is 1. The Morgan fingerprint density at radius 3 is 3.17 bits per heavy atom. The van der Waals surface area contributed by atoms with E-state index in [0.29, 0.717) is 12.4 Å². The molecular weight excluding hydrogens is 312 g/mol. The highest BCUT2D eigenvalue weighted by Crippen LogP contribution is 2.25. The fourth-order valence-corrected chi connectivity index (χ4v) is 3.80. The first-order chi connectivity index (χ1) is 11.3. The number of carbonyl (C=O) groups excluding carboxylic acids is 1. The van der Waals surface area contributed by atoms with Crippen LogP contribution in [0.2, 0.25) is 0 Å². The molecule has 1 aromatic carbocycles. The van der Waals surface area contributed by atoms with Crippen LogP contribution in [-0.4, -0.2) is 31.1 Å². The summed E-state index contributed by atoms with van der Waals surface area (Å²) in [6.45, 7) is 1.22. The number of thiazole rings is 1. The summed E-state index contributed by atoms with van der Waals surface area (Å²) in [7, 11) is 0. The second kappa shape index (κ2) is 6.04. The lowest BCUT2D eigenvalue weighted by atomic mass is 10.0. The van der Waals surface area contributed by atoms with E-state index in [9.17, 15) is 4.79 Å². The molecule has 0 spiro atoms. The zero-order chi connectivity index (χ0) is 15.6. The van der Waals surface area contributed by atoms with Crippen LogP contribution >= 0.6 is 11.3 Å². The highest BCUT2D eigenvalue weighted by molar-refractivity contribution is 7.18. The molecule has 3 aromatic rings. The Hall–Kier alpha value is -2.35. The minimum Gasteiger partial charge on any atom is -0.349 e. The second-order valence-electron chi connectivity index (χ2n) is 5.60. The van der Waals surface area contributed by atoms with Gasteiger partial charge in [0.15, 0.2) is 5.82 Å². The number of hydrogen-bond donors (Lipinski definition) is 1. The molecule has 0 saturated heterocycles. The minimum atomic E-state index is -0.276. The Kier molecular flexibility index (Phi) is 3.74. The number of para-hydroxylation sites is 1. The average Bonchev–Trinajstić information content (AvgIpc) is 3.14. The number of benzene rings is 1. The third-order valence-corrected chi connectivity index (χ3v) is 5.09. The summed E-state index contributed by atoms with van der Waals surface area (Å²) in [4.78, 5) is 17.1. The van der Waals surface area contributed by atoms with Crippen molar-refractivity contribution < 1.29 is 4.79 Å². The normalized spacial score (nSPS) is 17.7. The second-order valence-corrected chi connectivity index (χ2v) is 6.72. The first kappa shape index (κ1) is 14.3. The first-order valence-electron chi connectivity index (χ1n) is 7.69. The predicted molar refractivity (Wildman–Crippen MR) is 85.9 cm³/mol. The number of carbonyl (C=O) groups is 1. The lowest BCUT2D eigenvalue weighted by Gasteiger charge is -2.12. The molecule has 4 rings (SSSR count). The third kappa shape index (κ3) is 2.81. The van der Waals surface area contributed by atoms with Gasteiger partial charge in [-0.05, 0) is 35.4 Å². The van der Waals surface area contributed by atoms with Gasteiger partial charge in [-0.1, -0.05) is 18.6 Å². The Labute approximate surface area is 136 Å². The van der Waals surface area contributed by atoms with E-state index in [0.717, 1.165) is 41.0 Å². The number of tetrazole rings is 1. The van der Waals surface area contributed by atoms with Gasteiger partial charge in [-0.3, -0.25) is 4.79 Å². The summed E-state index contributed by atoms with van der Waals surface area (Å²) >= 11 is 1.61. The van der Waals surface area contributed by atoms with Crippen LogP contribution in [0.15, 0.2) is 24.3 Å². The van der Waals surface area contributed by atoms with E-state index >= 15 is 0 Å². The zero-order valence-electron chi connectivity index (χ0n) is 12.5. The SMILES string of the molecule is O=C(NCc1nc2ccccc2s1)[C@H]1CCCCn2nnnc21. The van der Waals surface area contributed by atoms with Crippen molar-refractivity contribution in [1.29, 1.82) is 0 Å². The van der Waals surface area contributed by atoms with Gasteiger partial charge in [-0.25, -0.2) is 9.67 Å². The molecule has 2 aromatic heterocycles. The molecule has 8 heteroatoms. The lowest BCUT2D eigenvalue weighted by molar-refractivity contribution is -0.123. The van der Waals surface area contributed by atoms with Gasteiger partial charge in [-0.15, -0.1) is 16.4 Å². The van der Waals surface area contributed by atoms with Crippen LogP contribution < -0.4 is 5.32 Å². The summed E-state index contributed by atoms with van der Waals surface area (Å²) in [5.74, 6) is 0.369. The van der Waals surface area contributed by atoms with Crippen molar-refractivity contribution in [2.45, 2.75) is 38.3 Å². The number of nitrogens with zero attached hydrogens (tertiary/aromatic N) is 5. The van der Waals surface area contributed by atoms with Crippen LogP contribution in [0.3, 0.4) is 0 Å². The zero-order valence-corrected chi connectivity index (χ0v) is 13.3. The number of hydrogen-bond acceptors (Lipinski definition) is 6. The highest BCUT2D eigenvalue weighted by Gasteiger charge is 2.28. The topological polar surface area (TPSA) is 85.6 Å². The smallest absolute Gasteiger partial charge is 0.231 e. The molecule has 7 nitrogen and oxygen atoms in total. The maximum Gasteiger partial charge on any atom is 0.231 e. The van der Waals surface area contributed by atoms with Gasteiger partial charge in [0.2, 0.25) is 5.91 Å². The van der Waals surface area contributed by atoms with Crippen molar-refractivity contribution in [3.8, 4) is 0 Å². The van der Waals surface area contributed by atoms with Crippen LogP contribution in [0.1, 0.15) is 36.0 Å².